The average Bonchev–Trinajstić information content (AvgIpc) is 2.15. The molecule has 0 aromatic heterocycles. The SMILES string of the molecule is N#CCCC(Br)C1CCCCC1. The first kappa shape index (κ1) is 10.1. The standard InChI is InChI=1S/C10H16BrN/c11-10(7-4-8-12)9-5-2-1-3-6-9/h9-10H,1-7H2. The van der Waals surface area contributed by atoms with Crippen molar-refractivity contribution in [3.8, 4) is 6.07 Å². The number of nitrogens with zero attached hydrogens (tertiary/aromatic N) is 1. The van der Waals surface area contributed by atoms with Gasteiger partial charge in [0.15, 0.2) is 0 Å². The van der Waals surface area contributed by atoms with Crippen LogP contribution < -0.4 is 0 Å². The molecule has 2 heteroatoms. The number of nitriles is 1. The summed E-state index contributed by atoms with van der Waals surface area (Å²) in [6.07, 6.45) is 8.64. The minimum atomic E-state index is 0.595. The lowest BCUT2D eigenvalue weighted by Gasteiger charge is -2.25. The first-order chi connectivity index (χ1) is 5.84. The zero-order valence-electron chi connectivity index (χ0n) is 7.43. The molecule has 0 spiro atoms. The Hall–Kier alpha value is -0.0300. The number of rotatable bonds is 3. The van der Waals surface area contributed by atoms with Crippen LogP contribution in [-0.4, -0.2) is 4.83 Å². The molecule has 12 heavy (non-hydrogen) atoms. The summed E-state index contributed by atoms with van der Waals surface area (Å²) in [5.74, 6) is 0.840. The van der Waals surface area contributed by atoms with Gasteiger partial charge in [0, 0.05) is 11.2 Å². The molecular formula is C10H16BrN. The molecule has 1 saturated carbocycles. The highest BCUT2D eigenvalue weighted by Crippen LogP contribution is 2.32. The molecule has 0 bridgehead atoms. The first-order valence-electron chi connectivity index (χ1n) is 4.85. The summed E-state index contributed by atoms with van der Waals surface area (Å²) in [5.41, 5.74) is 0. The topological polar surface area (TPSA) is 23.8 Å². The monoisotopic (exact) mass is 229 g/mol. The van der Waals surface area contributed by atoms with Gasteiger partial charge in [0.25, 0.3) is 0 Å². The Morgan fingerprint density at radius 1 is 1.33 bits per heavy atom. The summed E-state index contributed by atoms with van der Waals surface area (Å²) >= 11 is 3.69. The third-order valence-corrected chi connectivity index (χ3v) is 3.90. The van der Waals surface area contributed by atoms with Gasteiger partial charge in [-0.1, -0.05) is 35.2 Å². The van der Waals surface area contributed by atoms with E-state index in [9.17, 15) is 0 Å². The molecule has 0 heterocycles. The molecule has 0 aromatic carbocycles. The molecule has 1 aliphatic carbocycles. The predicted molar refractivity (Wildman–Crippen MR) is 54.1 cm³/mol. The van der Waals surface area contributed by atoms with E-state index in [2.05, 4.69) is 22.0 Å². The van der Waals surface area contributed by atoms with Crippen LogP contribution in [0.2, 0.25) is 0 Å². The van der Waals surface area contributed by atoms with Gasteiger partial charge in [0.2, 0.25) is 0 Å². The molecule has 0 aromatic rings. The number of alkyl halides is 1. The predicted octanol–water partition coefficient (Wildman–Crippen LogP) is 3.63. The molecule has 1 fully saturated rings. The van der Waals surface area contributed by atoms with Gasteiger partial charge < -0.3 is 0 Å². The van der Waals surface area contributed by atoms with Crippen molar-refractivity contribution in [3.63, 3.8) is 0 Å². The van der Waals surface area contributed by atoms with Crippen LogP contribution in [-0.2, 0) is 0 Å². The van der Waals surface area contributed by atoms with Crippen LogP contribution in [0.15, 0.2) is 0 Å². The van der Waals surface area contributed by atoms with Crippen molar-refractivity contribution in [3.05, 3.63) is 0 Å². The van der Waals surface area contributed by atoms with Crippen molar-refractivity contribution < 1.29 is 0 Å². The van der Waals surface area contributed by atoms with E-state index in [1.54, 1.807) is 0 Å². The van der Waals surface area contributed by atoms with Crippen molar-refractivity contribution in [1.82, 2.24) is 0 Å². The Bertz CT molecular complexity index is 156. The second-order valence-electron chi connectivity index (χ2n) is 3.61. The van der Waals surface area contributed by atoms with E-state index in [4.69, 9.17) is 5.26 Å². The Morgan fingerprint density at radius 2 is 2.00 bits per heavy atom. The van der Waals surface area contributed by atoms with Gasteiger partial charge in [-0.2, -0.15) is 5.26 Å². The van der Waals surface area contributed by atoms with Gasteiger partial charge in [-0.25, -0.2) is 0 Å². The van der Waals surface area contributed by atoms with Crippen molar-refractivity contribution >= 4 is 15.9 Å². The van der Waals surface area contributed by atoms with Crippen molar-refractivity contribution in [2.45, 2.75) is 49.8 Å². The van der Waals surface area contributed by atoms with Crippen LogP contribution in [0.5, 0.6) is 0 Å². The molecule has 68 valence electrons. The third-order valence-electron chi connectivity index (χ3n) is 2.69. The van der Waals surface area contributed by atoms with Crippen LogP contribution in [0.25, 0.3) is 0 Å². The lowest BCUT2D eigenvalue weighted by Crippen LogP contribution is -2.17. The summed E-state index contributed by atoms with van der Waals surface area (Å²) in [4.78, 5) is 0.595. The van der Waals surface area contributed by atoms with Crippen LogP contribution >= 0.6 is 15.9 Å². The van der Waals surface area contributed by atoms with Gasteiger partial charge in [-0.05, 0) is 25.2 Å². The third kappa shape index (κ3) is 3.15. The summed E-state index contributed by atoms with van der Waals surface area (Å²) in [6, 6.07) is 2.21. The summed E-state index contributed by atoms with van der Waals surface area (Å²) in [6.45, 7) is 0. The highest BCUT2D eigenvalue weighted by atomic mass is 79.9. The number of hydrogen-bond acceptors (Lipinski definition) is 1. The van der Waals surface area contributed by atoms with E-state index in [-0.39, 0.29) is 0 Å². The number of halogens is 1. The Balaban J connectivity index is 2.21. The molecule has 1 unspecified atom stereocenters. The molecule has 0 saturated heterocycles. The smallest absolute Gasteiger partial charge is 0.0622 e. The van der Waals surface area contributed by atoms with Crippen molar-refractivity contribution in [2.75, 3.05) is 0 Å². The quantitative estimate of drug-likeness (QED) is 0.679. The largest absolute Gasteiger partial charge is 0.198 e. The molecule has 0 aliphatic heterocycles. The molecule has 0 amide bonds. The van der Waals surface area contributed by atoms with Gasteiger partial charge >= 0.3 is 0 Å². The molecule has 1 aliphatic rings. The molecule has 1 rings (SSSR count). The molecule has 1 nitrogen and oxygen atoms in total. The average molecular weight is 230 g/mol. The minimum Gasteiger partial charge on any atom is -0.198 e. The number of hydrogen-bond donors (Lipinski definition) is 0. The van der Waals surface area contributed by atoms with E-state index in [1.165, 1.54) is 32.1 Å². The van der Waals surface area contributed by atoms with Crippen LogP contribution in [0.1, 0.15) is 44.9 Å². The molecular weight excluding hydrogens is 214 g/mol. The van der Waals surface area contributed by atoms with Crippen LogP contribution in [0, 0.1) is 17.2 Å². The van der Waals surface area contributed by atoms with Gasteiger partial charge in [-0.15, -0.1) is 0 Å². The van der Waals surface area contributed by atoms with E-state index in [1.807, 2.05) is 0 Å². The maximum atomic E-state index is 8.44. The Morgan fingerprint density at radius 3 is 2.58 bits per heavy atom. The minimum absolute atomic E-state index is 0.595. The second kappa shape index (κ2) is 5.59. The highest BCUT2D eigenvalue weighted by Gasteiger charge is 2.20. The van der Waals surface area contributed by atoms with Crippen LogP contribution in [0.4, 0.5) is 0 Å². The van der Waals surface area contributed by atoms with E-state index >= 15 is 0 Å². The van der Waals surface area contributed by atoms with Crippen molar-refractivity contribution in [2.24, 2.45) is 5.92 Å². The van der Waals surface area contributed by atoms with Gasteiger partial charge in [0.1, 0.15) is 0 Å². The zero-order valence-corrected chi connectivity index (χ0v) is 9.02. The van der Waals surface area contributed by atoms with Crippen LogP contribution in [0.3, 0.4) is 0 Å². The zero-order chi connectivity index (χ0) is 8.81. The summed E-state index contributed by atoms with van der Waals surface area (Å²) in [5, 5.41) is 8.44. The van der Waals surface area contributed by atoms with Gasteiger partial charge in [-0.3, -0.25) is 0 Å². The molecule has 1 atom stereocenters. The van der Waals surface area contributed by atoms with E-state index in [0.29, 0.717) is 11.2 Å². The maximum absolute atomic E-state index is 8.44. The molecule has 0 N–H and O–H groups in total. The normalized spacial score (nSPS) is 21.7. The lowest BCUT2D eigenvalue weighted by atomic mass is 9.86. The van der Waals surface area contributed by atoms with Crippen molar-refractivity contribution in [1.29, 1.82) is 5.26 Å². The molecule has 0 radical (unpaired) electrons. The first-order valence-corrected chi connectivity index (χ1v) is 5.77. The Kier molecular flexibility index (Phi) is 4.68. The fraction of sp³-hybridized carbons (Fsp3) is 0.900. The lowest BCUT2D eigenvalue weighted by molar-refractivity contribution is 0.345. The Labute approximate surface area is 83.3 Å². The summed E-state index contributed by atoms with van der Waals surface area (Å²) < 4.78 is 0. The highest BCUT2D eigenvalue weighted by molar-refractivity contribution is 9.09. The second-order valence-corrected chi connectivity index (χ2v) is 4.79. The van der Waals surface area contributed by atoms with Gasteiger partial charge in [0.05, 0.1) is 6.07 Å². The summed E-state index contributed by atoms with van der Waals surface area (Å²) in [7, 11) is 0. The maximum Gasteiger partial charge on any atom is 0.0622 e. The fourth-order valence-corrected chi connectivity index (χ4v) is 2.69. The van der Waals surface area contributed by atoms with E-state index in [0.717, 1.165) is 12.3 Å². The fourth-order valence-electron chi connectivity index (χ4n) is 1.93. The van der Waals surface area contributed by atoms with E-state index < -0.39 is 0 Å².